The number of hydrogen-bond acceptors (Lipinski definition) is 3. The predicted octanol–water partition coefficient (Wildman–Crippen LogP) is 3.07. The molecule has 29 heavy (non-hydrogen) atoms. The van der Waals surface area contributed by atoms with Gasteiger partial charge in [0.1, 0.15) is 11.6 Å². The van der Waals surface area contributed by atoms with Gasteiger partial charge in [0.2, 0.25) is 11.8 Å². The van der Waals surface area contributed by atoms with Crippen LogP contribution in [-0.4, -0.2) is 34.1 Å². The van der Waals surface area contributed by atoms with Gasteiger partial charge in [0.15, 0.2) is 5.78 Å². The van der Waals surface area contributed by atoms with Crippen molar-refractivity contribution >= 4 is 34.8 Å². The Bertz CT molecular complexity index is 1110. The highest BCUT2D eigenvalue weighted by atomic mass is 35.5. The van der Waals surface area contributed by atoms with E-state index in [-0.39, 0.29) is 24.0 Å². The van der Waals surface area contributed by atoms with Crippen molar-refractivity contribution in [2.75, 3.05) is 0 Å². The van der Waals surface area contributed by atoms with E-state index in [0.717, 1.165) is 11.1 Å². The van der Waals surface area contributed by atoms with Crippen LogP contribution in [0.4, 0.5) is 0 Å². The summed E-state index contributed by atoms with van der Waals surface area (Å²) in [5.41, 5.74) is 1.37. The van der Waals surface area contributed by atoms with Crippen LogP contribution in [0.1, 0.15) is 23.6 Å². The fourth-order valence-corrected chi connectivity index (χ4v) is 4.89. The van der Waals surface area contributed by atoms with Crippen LogP contribution in [-0.2, 0) is 14.4 Å². The molecule has 1 N–H and O–H groups in total. The molecular weight excluding hydrogens is 388 g/mol. The molecule has 0 unspecified atom stereocenters. The molecule has 1 saturated heterocycles. The minimum Gasteiger partial charge on any atom is -0.348 e. The number of carbonyl (C=O) groups is 3. The molecule has 5 rings (SSSR count). The van der Waals surface area contributed by atoms with Crippen molar-refractivity contribution in [3.05, 3.63) is 89.0 Å². The van der Waals surface area contributed by atoms with E-state index in [0.29, 0.717) is 10.6 Å². The number of amides is 2. The average molecular weight is 405 g/mol. The van der Waals surface area contributed by atoms with Crippen LogP contribution in [0.2, 0.25) is 5.02 Å². The normalized spacial score (nSPS) is 28.0. The number of ketones is 1. The molecule has 2 amide bonds. The van der Waals surface area contributed by atoms with Gasteiger partial charge < -0.3 is 10.2 Å². The van der Waals surface area contributed by atoms with E-state index in [2.05, 4.69) is 5.32 Å². The summed E-state index contributed by atoms with van der Waals surface area (Å²) in [5, 5.41) is 3.50. The first-order chi connectivity index (χ1) is 14.0. The van der Waals surface area contributed by atoms with Crippen molar-refractivity contribution in [2.45, 2.75) is 24.0 Å². The van der Waals surface area contributed by atoms with Crippen molar-refractivity contribution < 1.29 is 14.4 Å². The molecule has 2 aromatic carbocycles. The zero-order chi connectivity index (χ0) is 20.2. The molecule has 6 heteroatoms. The number of benzene rings is 2. The SMILES string of the molecule is O=C1C=C[C@]23C(c4ccccc4)=CC(=O)N2[C@H](c2cccc(Cl)c2)C(=O)N[C@@H]3C1. The van der Waals surface area contributed by atoms with Crippen LogP contribution in [0.25, 0.3) is 5.57 Å². The van der Waals surface area contributed by atoms with Crippen LogP contribution in [0, 0.1) is 0 Å². The van der Waals surface area contributed by atoms with Gasteiger partial charge in [0.05, 0.1) is 6.04 Å². The molecule has 3 aliphatic rings. The van der Waals surface area contributed by atoms with Gasteiger partial charge >= 0.3 is 0 Å². The molecule has 0 radical (unpaired) electrons. The Morgan fingerprint density at radius 2 is 1.83 bits per heavy atom. The number of nitrogens with zero attached hydrogens (tertiary/aromatic N) is 1. The lowest BCUT2D eigenvalue weighted by Gasteiger charge is -2.52. The van der Waals surface area contributed by atoms with E-state index in [1.165, 1.54) is 6.08 Å². The second-order valence-electron chi connectivity index (χ2n) is 7.48. The Morgan fingerprint density at radius 3 is 2.59 bits per heavy atom. The van der Waals surface area contributed by atoms with Crippen molar-refractivity contribution in [3.8, 4) is 0 Å². The monoisotopic (exact) mass is 404 g/mol. The van der Waals surface area contributed by atoms with Gasteiger partial charge in [-0.2, -0.15) is 0 Å². The molecule has 0 saturated carbocycles. The molecule has 2 aromatic rings. The highest BCUT2D eigenvalue weighted by molar-refractivity contribution is 6.30. The summed E-state index contributed by atoms with van der Waals surface area (Å²) in [6.45, 7) is 0. The molecule has 0 aromatic heterocycles. The highest BCUT2D eigenvalue weighted by Crippen LogP contribution is 2.50. The van der Waals surface area contributed by atoms with Gasteiger partial charge in [-0.05, 0) is 41.0 Å². The Labute approximate surface area is 172 Å². The zero-order valence-corrected chi connectivity index (χ0v) is 16.1. The number of allylic oxidation sites excluding steroid dienone is 1. The first-order valence-electron chi connectivity index (χ1n) is 9.39. The molecule has 144 valence electrons. The van der Waals surface area contributed by atoms with E-state index in [1.807, 2.05) is 30.3 Å². The third kappa shape index (κ3) is 2.58. The average Bonchev–Trinajstić information content (AvgIpc) is 3.00. The zero-order valence-electron chi connectivity index (χ0n) is 15.3. The van der Waals surface area contributed by atoms with E-state index in [4.69, 9.17) is 11.6 Å². The molecule has 2 heterocycles. The van der Waals surface area contributed by atoms with E-state index in [9.17, 15) is 14.4 Å². The van der Waals surface area contributed by atoms with Gasteiger partial charge in [-0.15, -0.1) is 0 Å². The smallest absolute Gasteiger partial charge is 0.248 e. The van der Waals surface area contributed by atoms with Gasteiger partial charge in [-0.25, -0.2) is 0 Å². The van der Waals surface area contributed by atoms with Crippen LogP contribution < -0.4 is 5.32 Å². The quantitative estimate of drug-likeness (QED) is 0.836. The largest absolute Gasteiger partial charge is 0.348 e. The molecule has 2 aliphatic heterocycles. The third-order valence-corrected chi connectivity index (χ3v) is 6.10. The molecular formula is C23H17ClN2O3. The maximum absolute atomic E-state index is 13.3. The number of piperazine rings is 1. The lowest BCUT2D eigenvalue weighted by molar-refractivity contribution is -0.147. The van der Waals surface area contributed by atoms with Crippen molar-refractivity contribution in [2.24, 2.45) is 0 Å². The Hall–Kier alpha value is -3.18. The fourth-order valence-electron chi connectivity index (χ4n) is 4.69. The Balaban J connectivity index is 1.73. The standard InChI is InChI=1S/C23H17ClN2O3/c24-16-8-4-7-15(11-16)21-22(29)25-19-12-17(27)9-10-23(19)18(13-20(28)26(21)23)14-5-2-1-3-6-14/h1-11,13,19,21H,12H2,(H,25,29)/t19-,21-,23-/m1/s1. The summed E-state index contributed by atoms with van der Waals surface area (Å²) >= 11 is 6.16. The number of nitrogens with one attached hydrogen (secondary N) is 1. The summed E-state index contributed by atoms with van der Waals surface area (Å²) in [6.07, 6.45) is 5.01. The van der Waals surface area contributed by atoms with Crippen LogP contribution in [0.5, 0.6) is 0 Å². The first kappa shape index (κ1) is 17.9. The number of rotatable bonds is 2. The van der Waals surface area contributed by atoms with E-state index < -0.39 is 17.6 Å². The second kappa shape index (κ2) is 6.42. The maximum atomic E-state index is 13.3. The molecule has 1 aliphatic carbocycles. The summed E-state index contributed by atoms with van der Waals surface area (Å²) in [6, 6.07) is 15.2. The Kier molecular flexibility index (Phi) is 3.96. The fraction of sp³-hybridized carbons (Fsp3) is 0.174. The van der Waals surface area contributed by atoms with Crippen LogP contribution in [0.3, 0.4) is 0 Å². The third-order valence-electron chi connectivity index (χ3n) is 5.87. The summed E-state index contributed by atoms with van der Waals surface area (Å²) < 4.78 is 0. The summed E-state index contributed by atoms with van der Waals surface area (Å²) in [4.78, 5) is 40.1. The van der Waals surface area contributed by atoms with Gasteiger partial charge in [-0.3, -0.25) is 14.4 Å². The molecule has 1 spiro atoms. The molecule has 1 fully saturated rings. The minimum atomic E-state index is -0.923. The number of halogens is 1. The first-order valence-corrected chi connectivity index (χ1v) is 9.77. The summed E-state index contributed by atoms with van der Waals surface area (Å²) in [7, 11) is 0. The number of carbonyl (C=O) groups excluding carboxylic acids is 3. The van der Waals surface area contributed by atoms with Crippen molar-refractivity contribution in [1.29, 1.82) is 0 Å². The maximum Gasteiger partial charge on any atom is 0.248 e. The van der Waals surface area contributed by atoms with Gasteiger partial charge in [-0.1, -0.05) is 54.1 Å². The van der Waals surface area contributed by atoms with Crippen molar-refractivity contribution in [1.82, 2.24) is 10.2 Å². The molecule has 0 bridgehead atoms. The second-order valence-corrected chi connectivity index (χ2v) is 7.92. The molecule has 3 atom stereocenters. The van der Waals surface area contributed by atoms with E-state index >= 15 is 0 Å². The lowest BCUT2D eigenvalue weighted by Crippen LogP contribution is -2.69. The van der Waals surface area contributed by atoms with Gasteiger partial charge in [0, 0.05) is 17.5 Å². The van der Waals surface area contributed by atoms with Gasteiger partial charge in [0.25, 0.3) is 0 Å². The minimum absolute atomic E-state index is 0.0751. The van der Waals surface area contributed by atoms with E-state index in [1.54, 1.807) is 41.3 Å². The molecule has 5 nitrogen and oxygen atoms in total. The highest BCUT2D eigenvalue weighted by Gasteiger charge is 2.60. The van der Waals surface area contributed by atoms with Crippen LogP contribution >= 0.6 is 11.6 Å². The summed E-state index contributed by atoms with van der Waals surface area (Å²) in [5.74, 6) is -0.645. The number of hydrogen-bond donors (Lipinski definition) is 1. The Morgan fingerprint density at radius 1 is 1.03 bits per heavy atom. The predicted molar refractivity (Wildman–Crippen MR) is 109 cm³/mol. The lowest BCUT2D eigenvalue weighted by atomic mass is 9.72. The topological polar surface area (TPSA) is 66.5 Å². The van der Waals surface area contributed by atoms with Crippen molar-refractivity contribution in [3.63, 3.8) is 0 Å². The van der Waals surface area contributed by atoms with Crippen LogP contribution in [0.15, 0.2) is 72.8 Å².